The van der Waals surface area contributed by atoms with Crippen molar-refractivity contribution in [1.82, 2.24) is 9.97 Å². The van der Waals surface area contributed by atoms with E-state index in [9.17, 15) is 5.11 Å². The van der Waals surface area contributed by atoms with Crippen LogP contribution in [0.25, 0.3) is 0 Å². The lowest BCUT2D eigenvalue weighted by atomic mass is 9.82. The third kappa shape index (κ3) is 3.67. The standard InChI is InChI=1S/C14H24N2O2/c1-10(2)8-14(17,9-11(3)4)12-13(18-5)16-7-6-15-12/h6-7,10-11,17H,8-9H2,1-5H3. The van der Waals surface area contributed by atoms with Gasteiger partial charge in [-0.05, 0) is 24.7 Å². The van der Waals surface area contributed by atoms with Crippen LogP contribution in [0.3, 0.4) is 0 Å². The Morgan fingerprint density at radius 2 is 1.61 bits per heavy atom. The van der Waals surface area contributed by atoms with E-state index >= 15 is 0 Å². The van der Waals surface area contributed by atoms with Gasteiger partial charge < -0.3 is 9.84 Å². The fraction of sp³-hybridized carbons (Fsp3) is 0.714. The Labute approximate surface area is 109 Å². The minimum absolute atomic E-state index is 0.375. The molecule has 0 radical (unpaired) electrons. The molecule has 0 aliphatic heterocycles. The summed E-state index contributed by atoms with van der Waals surface area (Å²) >= 11 is 0. The van der Waals surface area contributed by atoms with Crippen molar-refractivity contribution in [2.45, 2.75) is 46.1 Å². The average molecular weight is 252 g/mol. The molecule has 1 aromatic rings. The van der Waals surface area contributed by atoms with Gasteiger partial charge in [0.2, 0.25) is 5.88 Å². The fourth-order valence-corrected chi connectivity index (χ4v) is 2.42. The van der Waals surface area contributed by atoms with Gasteiger partial charge in [-0.1, -0.05) is 27.7 Å². The largest absolute Gasteiger partial charge is 0.480 e. The summed E-state index contributed by atoms with van der Waals surface area (Å²) in [5, 5.41) is 11.0. The Hall–Kier alpha value is -1.16. The third-order valence-electron chi connectivity index (χ3n) is 2.79. The molecule has 4 heteroatoms. The van der Waals surface area contributed by atoms with Crippen LogP contribution in [0.2, 0.25) is 0 Å². The highest BCUT2D eigenvalue weighted by Gasteiger charge is 2.35. The van der Waals surface area contributed by atoms with Crippen molar-refractivity contribution in [2.24, 2.45) is 11.8 Å². The fourth-order valence-electron chi connectivity index (χ4n) is 2.42. The molecule has 0 saturated carbocycles. The van der Waals surface area contributed by atoms with Crippen molar-refractivity contribution < 1.29 is 9.84 Å². The number of rotatable bonds is 6. The van der Waals surface area contributed by atoms with Crippen LogP contribution in [0.15, 0.2) is 12.4 Å². The summed E-state index contributed by atoms with van der Waals surface area (Å²) in [6.45, 7) is 8.37. The number of aromatic nitrogens is 2. The summed E-state index contributed by atoms with van der Waals surface area (Å²) < 4.78 is 5.22. The van der Waals surface area contributed by atoms with Crippen molar-refractivity contribution in [1.29, 1.82) is 0 Å². The predicted octanol–water partition coefficient (Wildman–Crippen LogP) is 2.77. The zero-order valence-corrected chi connectivity index (χ0v) is 12.0. The summed E-state index contributed by atoms with van der Waals surface area (Å²) in [5.74, 6) is 1.17. The highest BCUT2D eigenvalue weighted by Crippen LogP contribution is 2.37. The van der Waals surface area contributed by atoms with Gasteiger partial charge in [0.25, 0.3) is 0 Å². The van der Waals surface area contributed by atoms with Crippen LogP contribution in [0.4, 0.5) is 0 Å². The molecule has 0 aliphatic carbocycles. The van der Waals surface area contributed by atoms with Crippen LogP contribution >= 0.6 is 0 Å². The summed E-state index contributed by atoms with van der Waals surface area (Å²) in [6, 6.07) is 0. The van der Waals surface area contributed by atoms with Crippen LogP contribution in [-0.4, -0.2) is 22.2 Å². The van der Waals surface area contributed by atoms with Crippen molar-refractivity contribution in [2.75, 3.05) is 7.11 Å². The molecule has 0 fully saturated rings. The van der Waals surface area contributed by atoms with E-state index in [1.807, 2.05) is 0 Å². The van der Waals surface area contributed by atoms with Gasteiger partial charge in [0.1, 0.15) is 11.3 Å². The van der Waals surface area contributed by atoms with Crippen LogP contribution in [0, 0.1) is 11.8 Å². The number of hydrogen-bond acceptors (Lipinski definition) is 4. The quantitative estimate of drug-likeness (QED) is 0.845. The summed E-state index contributed by atoms with van der Waals surface area (Å²) in [4.78, 5) is 8.42. The van der Waals surface area contributed by atoms with Crippen molar-refractivity contribution in [3.8, 4) is 5.88 Å². The molecule has 0 aromatic carbocycles. The molecule has 0 amide bonds. The molecule has 1 heterocycles. The molecular weight excluding hydrogens is 228 g/mol. The smallest absolute Gasteiger partial charge is 0.238 e. The zero-order chi connectivity index (χ0) is 13.8. The molecule has 0 bridgehead atoms. The minimum Gasteiger partial charge on any atom is -0.480 e. The molecule has 4 nitrogen and oxygen atoms in total. The van der Waals surface area contributed by atoms with Gasteiger partial charge in [-0.15, -0.1) is 0 Å². The molecule has 1 aromatic heterocycles. The van der Waals surface area contributed by atoms with Crippen molar-refractivity contribution >= 4 is 0 Å². The van der Waals surface area contributed by atoms with Gasteiger partial charge in [-0.2, -0.15) is 0 Å². The van der Waals surface area contributed by atoms with Gasteiger partial charge in [0, 0.05) is 12.4 Å². The Morgan fingerprint density at radius 1 is 1.11 bits per heavy atom. The van der Waals surface area contributed by atoms with E-state index in [2.05, 4.69) is 37.7 Å². The number of ether oxygens (including phenoxy) is 1. The third-order valence-corrected chi connectivity index (χ3v) is 2.79. The normalized spacial score (nSPS) is 12.2. The highest BCUT2D eigenvalue weighted by molar-refractivity contribution is 5.24. The van der Waals surface area contributed by atoms with E-state index in [4.69, 9.17) is 4.74 Å². The molecule has 0 atom stereocenters. The second-order valence-electron chi connectivity index (χ2n) is 5.64. The maximum Gasteiger partial charge on any atom is 0.238 e. The maximum absolute atomic E-state index is 11.0. The van der Waals surface area contributed by atoms with E-state index < -0.39 is 5.60 Å². The molecule has 0 spiro atoms. The predicted molar refractivity (Wildman–Crippen MR) is 71.4 cm³/mol. The van der Waals surface area contributed by atoms with Crippen molar-refractivity contribution in [3.05, 3.63) is 18.1 Å². The van der Waals surface area contributed by atoms with Gasteiger partial charge in [-0.3, -0.25) is 4.98 Å². The molecule has 18 heavy (non-hydrogen) atoms. The van der Waals surface area contributed by atoms with Crippen LogP contribution < -0.4 is 4.74 Å². The van der Waals surface area contributed by atoms with Crippen LogP contribution in [-0.2, 0) is 5.60 Å². The first-order chi connectivity index (χ1) is 8.39. The summed E-state index contributed by atoms with van der Waals surface area (Å²) in [5.41, 5.74) is -0.419. The second kappa shape index (κ2) is 6.14. The van der Waals surface area contributed by atoms with E-state index in [-0.39, 0.29) is 0 Å². The van der Waals surface area contributed by atoms with E-state index in [0.717, 1.165) is 0 Å². The maximum atomic E-state index is 11.0. The first-order valence-electron chi connectivity index (χ1n) is 6.47. The topological polar surface area (TPSA) is 55.2 Å². The Bertz CT molecular complexity index is 368. The van der Waals surface area contributed by atoms with Crippen LogP contribution in [0.1, 0.15) is 46.2 Å². The highest BCUT2D eigenvalue weighted by atomic mass is 16.5. The van der Waals surface area contributed by atoms with Gasteiger partial charge in [-0.25, -0.2) is 4.98 Å². The Morgan fingerprint density at radius 3 is 2.06 bits per heavy atom. The van der Waals surface area contributed by atoms with Gasteiger partial charge >= 0.3 is 0 Å². The number of hydrogen-bond donors (Lipinski definition) is 1. The molecule has 1 N–H and O–H groups in total. The molecule has 0 unspecified atom stereocenters. The monoisotopic (exact) mass is 252 g/mol. The second-order valence-corrected chi connectivity index (χ2v) is 5.64. The minimum atomic E-state index is -0.970. The Kier molecular flexibility index (Phi) is 5.08. The van der Waals surface area contributed by atoms with E-state index in [1.54, 1.807) is 19.5 Å². The summed E-state index contributed by atoms with van der Waals surface area (Å²) in [6.07, 6.45) is 4.48. The Balaban J connectivity index is 3.15. The summed E-state index contributed by atoms with van der Waals surface area (Å²) in [7, 11) is 1.55. The number of nitrogens with zero attached hydrogens (tertiary/aromatic N) is 2. The lowest BCUT2D eigenvalue weighted by Gasteiger charge is -2.31. The number of methoxy groups -OCH3 is 1. The first-order valence-corrected chi connectivity index (χ1v) is 6.47. The molecule has 102 valence electrons. The molecule has 0 aliphatic rings. The van der Waals surface area contributed by atoms with Gasteiger partial charge in [0.15, 0.2) is 0 Å². The van der Waals surface area contributed by atoms with Crippen LogP contribution in [0.5, 0.6) is 5.88 Å². The number of aliphatic hydroxyl groups is 1. The lowest BCUT2D eigenvalue weighted by molar-refractivity contribution is -0.0110. The van der Waals surface area contributed by atoms with Crippen molar-refractivity contribution in [3.63, 3.8) is 0 Å². The molecular formula is C14H24N2O2. The van der Waals surface area contributed by atoms with E-state index in [0.29, 0.717) is 36.3 Å². The SMILES string of the molecule is COc1nccnc1C(O)(CC(C)C)CC(C)C. The van der Waals surface area contributed by atoms with Gasteiger partial charge in [0.05, 0.1) is 7.11 Å². The molecule has 0 saturated heterocycles. The average Bonchev–Trinajstić information content (AvgIpc) is 2.26. The van der Waals surface area contributed by atoms with E-state index in [1.165, 1.54) is 0 Å². The molecule has 1 rings (SSSR count). The first kappa shape index (κ1) is 14.9. The lowest BCUT2D eigenvalue weighted by Crippen LogP contribution is -2.31. The zero-order valence-electron chi connectivity index (χ0n) is 12.0.